The summed E-state index contributed by atoms with van der Waals surface area (Å²) < 4.78 is 0. The molecule has 4 nitrogen and oxygen atoms in total. The Morgan fingerprint density at radius 1 is 0.900 bits per heavy atom. The van der Waals surface area contributed by atoms with Gasteiger partial charge in [-0.1, -0.05) is 32.9 Å². The first kappa shape index (κ1) is 12.7. The molecule has 0 aliphatic rings. The summed E-state index contributed by atoms with van der Waals surface area (Å²) in [4.78, 5) is 1.65. The van der Waals surface area contributed by atoms with Crippen LogP contribution >= 0.6 is 0 Å². The van der Waals surface area contributed by atoms with Gasteiger partial charge in [0.15, 0.2) is 0 Å². The molecule has 0 spiro atoms. The first-order valence-corrected chi connectivity index (χ1v) is 6.67. The van der Waals surface area contributed by atoms with Gasteiger partial charge in [-0.05, 0) is 41.3 Å². The third-order valence-electron chi connectivity index (χ3n) is 3.37. The third kappa shape index (κ3) is 2.25. The fourth-order valence-electron chi connectivity index (χ4n) is 2.14. The maximum atomic E-state index is 5.76. The van der Waals surface area contributed by atoms with Gasteiger partial charge in [-0.3, -0.25) is 0 Å². The zero-order valence-corrected chi connectivity index (χ0v) is 12.0. The number of aromatic nitrogens is 3. The van der Waals surface area contributed by atoms with Crippen LogP contribution in [-0.4, -0.2) is 15.0 Å². The molecule has 0 bridgehead atoms. The lowest BCUT2D eigenvalue weighted by molar-refractivity contribution is 0.589. The topological polar surface area (TPSA) is 56.7 Å². The van der Waals surface area contributed by atoms with Crippen molar-refractivity contribution in [2.45, 2.75) is 26.2 Å². The Bertz CT molecular complexity index is 748. The lowest BCUT2D eigenvalue weighted by atomic mass is 9.87. The van der Waals surface area contributed by atoms with Crippen LogP contribution in [0.4, 0.5) is 5.69 Å². The number of anilines is 1. The number of fused-ring (bicyclic) bond motifs is 1. The molecule has 2 aromatic carbocycles. The highest BCUT2D eigenvalue weighted by atomic mass is 15.5. The van der Waals surface area contributed by atoms with Gasteiger partial charge in [-0.15, -0.1) is 10.2 Å². The van der Waals surface area contributed by atoms with Crippen LogP contribution < -0.4 is 5.73 Å². The van der Waals surface area contributed by atoms with E-state index in [1.807, 2.05) is 30.3 Å². The van der Waals surface area contributed by atoms with Crippen LogP contribution in [0.25, 0.3) is 16.7 Å². The van der Waals surface area contributed by atoms with E-state index in [0.29, 0.717) is 5.69 Å². The third-order valence-corrected chi connectivity index (χ3v) is 3.37. The largest absolute Gasteiger partial charge is 0.399 e. The summed E-state index contributed by atoms with van der Waals surface area (Å²) >= 11 is 0. The second-order valence-corrected chi connectivity index (χ2v) is 6.03. The molecule has 0 aliphatic heterocycles. The number of benzene rings is 2. The van der Waals surface area contributed by atoms with Crippen molar-refractivity contribution < 1.29 is 0 Å². The Morgan fingerprint density at radius 3 is 2.20 bits per heavy atom. The normalized spacial score (nSPS) is 11.9. The quantitative estimate of drug-likeness (QED) is 0.687. The number of nitrogen functional groups attached to an aromatic ring is 1. The van der Waals surface area contributed by atoms with Gasteiger partial charge < -0.3 is 5.73 Å². The van der Waals surface area contributed by atoms with E-state index in [9.17, 15) is 0 Å². The Morgan fingerprint density at radius 2 is 1.55 bits per heavy atom. The number of nitrogens with zero attached hydrogens (tertiary/aromatic N) is 3. The molecule has 0 saturated carbocycles. The number of nitrogens with two attached hydrogens (primary N) is 1. The average molecular weight is 266 g/mol. The smallest absolute Gasteiger partial charge is 0.115 e. The van der Waals surface area contributed by atoms with E-state index in [2.05, 4.69) is 43.1 Å². The Balaban J connectivity index is 2.02. The summed E-state index contributed by atoms with van der Waals surface area (Å²) in [5, 5.41) is 8.93. The van der Waals surface area contributed by atoms with E-state index in [-0.39, 0.29) is 5.41 Å². The van der Waals surface area contributed by atoms with Crippen molar-refractivity contribution in [2.75, 3.05) is 5.73 Å². The van der Waals surface area contributed by atoms with Crippen LogP contribution in [0.5, 0.6) is 0 Å². The van der Waals surface area contributed by atoms with Crippen LogP contribution in [-0.2, 0) is 5.41 Å². The molecule has 3 aromatic rings. The Kier molecular flexibility index (Phi) is 2.74. The molecular formula is C16H18N4. The zero-order chi connectivity index (χ0) is 14.3. The SMILES string of the molecule is CC(C)(C)c1ccc(-n2nc3ccc(N)cc3n2)cc1. The van der Waals surface area contributed by atoms with E-state index in [4.69, 9.17) is 5.73 Å². The fraction of sp³-hybridized carbons (Fsp3) is 0.250. The first-order chi connectivity index (χ1) is 9.43. The second-order valence-electron chi connectivity index (χ2n) is 6.03. The minimum absolute atomic E-state index is 0.148. The standard InChI is InChI=1S/C16H18N4/c1-16(2,3)11-4-7-13(8-5-11)20-18-14-9-6-12(17)10-15(14)19-20/h4-10H,17H2,1-3H3. The zero-order valence-electron chi connectivity index (χ0n) is 12.0. The van der Waals surface area contributed by atoms with E-state index >= 15 is 0 Å². The molecule has 0 radical (unpaired) electrons. The van der Waals surface area contributed by atoms with Crippen LogP contribution in [0.1, 0.15) is 26.3 Å². The van der Waals surface area contributed by atoms with Crippen molar-refractivity contribution >= 4 is 16.7 Å². The van der Waals surface area contributed by atoms with Crippen LogP contribution in [0, 0.1) is 0 Å². The van der Waals surface area contributed by atoms with E-state index in [1.54, 1.807) is 4.80 Å². The Labute approximate surface area is 118 Å². The molecule has 1 aromatic heterocycles. The van der Waals surface area contributed by atoms with Gasteiger partial charge in [0.1, 0.15) is 11.0 Å². The molecule has 0 amide bonds. The minimum Gasteiger partial charge on any atom is -0.399 e. The van der Waals surface area contributed by atoms with Crippen molar-refractivity contribution in [3.63, 3.8) is 0 Å². The van der Waals surface area contributed by atoms with Crippen LogP contribution in [0.2, 0.25) is 0 Å². The van der Waals surface area contributed by atoms with Gasteiger partial charge in [-0.25, -0.2) is 0 Å². The molecule has 0 unspecified atom stereocenters. The van der Waals surface area contributed by atoms with Crippen LogP contribution in [0.15, 0.2) is 42.5 Å². The molecular weight excluding hydrogens is 248 g/mol. The summed E-state index contributed by atoms with van der Waals surface area (Å²) in [6.45, 7) is 6.60. The number of rotatable bonds is 1. The first-order valence-electron chi connectivity index (χ1n) is 6.67. The highest BCUT2D eigenvalue weighted by Gasteiger charge is 2.13. The highest BCUT2D eigenvalue weighted by molar-refractivity contribution is 5.77. The maximum absolute atomic E-state index is 5.76. The summed E-state index contributed by atoms with van der Waals surface area (Å²) in [6.07, 6.45) is 0. The molecule has 3 rings (SSSR count). The van der Waals surface area contributed by atoms with Crippen LogP contribution in [0.3, 0.4) is 0 Å². The van der Waals surface area contributed by atoms with Gasteiger partial charge >= 0.3 is 0 Å². The fourth-order valence-corrected chi connectivity index (χ4v) is 2.14. The number of hydrogen-bond donors (Lipinski definition) is 1. The van der Waals surface area contributed by atoms with Crippen molar-refractivity contribution in [3.8, 4) is 5.69 Å². The number of hydrogen-bond acceptors (Lipinski definition) is 3. The predicted molar refractivity (Wildman–Crippen MR) is 82.0 cm³/mol. The molecule has 20 heavy (non-hydrogen) atoms. The molecule has 4 heteroatoms. The van der Waals surface area contributed by atoms with Gasteiger partial charge in [0.2, 0.25) is 0 Å². The molecule has 0 fully saturated rings. The van der Waals surface area contributed by atoms with Crippen molar-refractivity contribution in [3.05, 3.63) is 48.0 Å². The van der Waals surface area contributed by atoms with E-state index < -0.39 is 0 Å². The van der Waals surface area contributed by atoms with Gasteiger partial charge in [-0.2, -0.15) is 4.80 Å². The van der Waals surface area contributed by atoms with Gasteiger partial charge in [0.05, 0.1) is 5.69 Å². The average Bonchev–Trinajstić information content (AvgIpc) is 2.80. The molecule has 0 saturated heterocycles. The molecule has 0 atom stereocenters. The monoisotopic (exact) mass is 266 g/mol. The maximum Gasteiger partial charge on any atom is 0.115 e. The lowest BCUT2D eigenvalue weighted by Crippen LogP contribution is -2.11. The molecule has 0 aliphatic carbocycles. The summed E-state index contributed by atoms with van der Waals surface area (Å²) in [7, 11) is 0. The molecule has 2 N–H and O–H groups in total. The second kappa shape index (κ2) is 4.34. The summed E-state index contributed by atoms with van der Waals surface area (Å²) in [6, 6.07) is 13.9. The lowest BCUT2D eigenvalue weighted by Gasteiger charge is -2.18. The Hall–Kier alpha value is -2.36. The van der Waals surface area contributed by atoms with Crippen molar-refractivity contribution in [2.24, 2.45) is 0 Å². The summed E-state index contributed by atoms with van der Waals surface area (Å²) in [5.74, 6) is 0. The summed E-state index contributed by atoms with van der Waals surface area (Å²) in [5.41, 5.74) is 10.5. The van der Waals surface area contributed by atoms with E-state index in [0.717, 1.165) is 16.7 Å². The van der Waals surface area contributed by atoms with Gasteiger partial charge in [0.25, 0.3) is 0 Å². The van der Waals surface area contributed by atoms with Gasteiger partial charge in [0, 0.05) is 5.69 Å². The minimum atomic E-state index is 0.148. The molecule has 1 heterocycles. The van der Waals surface area contributed by atoms with Crippen molar-refractivity contribution in [1.29, 1.82) is 0 Å². The highest BCUT2D eigenvalue weighted by Crippen LogP contribution is 2.23. The molecule has 102 valence electrons. The van der Waals surface area contributed by atoms with Crippen molar-refractivity contribution in [1.82, 2.24) is 15.0 Å². The van der Waals surface area contributed by atoms with E-state index in [1.165, 1.54) is 5.56 Å². The predicted octanol–water partition coefficient (Wildman–Crippen LogP) is 3.30.